The largest absolute Gasteiger partial charge is 0.343 e. The molecule has 0 unspecified atom stereocenters. The molecule has 2 aromatic carbocycles. The molecule has 1 saturated heterocycles. The summed E-state index contributed by atoms with van der Waals surface area (Å²) < 4.78 is 0. The Kier molecular flexibility index (Phi) is 5.65. The van der Waals surface area contributed by atoms with E-state index >= 15 is 0 Å². The Bertz CT molecular complexity index is 594. The lowest BCUT2D eigenvalue weighted by Crippen LogP contribution is -2.44. The lowest BCUT2D eigenvalue weighted by atomic mass is 9.88. The summed E-state index contributed by atoms with van der Waals surface area (Å²) in [4.78, 5) is 14.9. The topological polar surface area (TPSA) is 32.3 Å². The van der Waals surface area contributed by atoms with Crippen LogP contribution in [-0.2, 0) is 4.79 Å². The molecular formula is C21H26N2O. The van der Waals surface area contributed by atoms with E-state index in [0.717, 1.165) is 25.9 Å². The first kappa shape index (κ1) is 16.7. The van der Waals surface area contributed by atoms with E-state index in [4.69, 9.17) is 0 Å². The van der Waals surface area contributed by atoms with E-state index < -0.39 is 0 Å². The number of piperidine rings is 1. The van der Waals surface area contributed by atoms with Crippen LogP contribution in [0.15, 0.2) is 60.7 Å². The Morgan fingerprint density at radius 3 is 1.96 bits per heavy atom. The van der Waals surface area contributed by atoms with E-state index in [0.29, 0.717) is 12.5 Å². The molecule has 3 rings (SSSR count). The fourth-order valence-electron chi connectivity index (χ4n) is 3.52. The van der Waals surface area contributed by atoms with Gasteiger partial charge >= 0.3 is 0 Å². The summed E-state index contributed by atoms with van der Waals surface area (Å²) in [5.74, 6) is 0.393. The van der Waals surface area contributed by atoms with E-state index in [1.165, 1.54) is 11.1 Å². The first-order chi connectivity index (χ1) is 11.8. The van der Waals surface area contributed by atoms with Crippen LogP contribution in [0.4, 0.5) is 0 Å². The highest BCUT2D eigenvalue weighted by Gasteiger charge is 2.25. The third-order valence-corrected chi connectivity index (χ3v) is 5.04. The normalized spacial score (nSPS) is 15.7. The van der Waals surface area contributed by atoms with Crippen molar-refractivity contribution in [1.82, 2.24) is 10.2 Å². The monoisotopic (exact) mass is 322 g/mol. The van der Waals surface area contributed by atoms with Crippen LogP contribution in [0.3, 0.4) is 0 Å². The highest BCUT2D eigenvalue weighted by atomic mass is 16.2. The zero-order valence-corrected chi connectivity index (χ0v) is 14.3. The summed E-state index contributed by atoms with van der Waals surface area (Å²) >= 11 is 0. The number of nitrogens with one attached hydrogen (secondary N) is 1. The summed E-state index contributed by atoms with van der Waals surface area (Å²) in [6.45, 7) is 1.72. The number of hydrogen-bond acceptors (Lipinski definition) is 2. The molecule has 3 nitrogen and oxygen atoms in total. The SMILES string of the molecule is CNC1CCN(C(=O)CC(c2ccccc2)c2ccccc2)CC1. The van der Waals surface area contributed by atoms with Crippen LogP contribution >= 0.6 is 0 Å². The van der Waals surface area contributed by atoms with Gasteiger partial charge in [-0.05, 0) is 31.0 Å². The quantitative estimate of drug-likeness (QED) is 0.915. The number of rotatable bonds is 5. The summed E-state index contributed by atoms with van der Waals surface area (Å²) in [5, 5.41) is 3.32. The van der Waals surface area contributed by atoms with E-state index in [2.05, 4.69) is 29.6 Å². The third kappa shape index (κ3) is 4.04. The van der Waals surface area contributed by atoms with Crippen LogP contribution in [0.5, 0.6) is 0 Å². The van der Waals surface area contributed by atoms with E-state index in [1.54, 1.807) is 0 Å². The maximum atomic E-state index is 12.9. The second-order valence-electron chi connectivity index (χ2n) is 6.52. The van der Waals surface area contributed by atoms with Gasteiger partial charge in [-0.25, -0.2) is 0 Å². The van der Waals surface area contributed by atoms with Crippen molar-refractivity contribution in [3.8, 4) is 0 Å². The van der Waals surface area contributed by atoms with Gasteiger partial charge in [0.15, 0.2) is 0 Å². The fourth-order valence-corrected chi connectivity index (χ4v) is 3.52. The average molecular weight is 322 g/mol. The number of amides is 1. The van der Waals surface area contributed by atoms with Gasteiger partial charge in [0.25, 0.3) is 0 Å². The Morgan fingerprint density at radius 1 is 1.00 bits per heavy atom. The summed E-state index contributed by atoms with van der Waals surface area (Å²) in [6.07, 6.45) is 2.63. The molecule has 2 aromatic rings. The van der Waals surface area contributed by atoms with Crippen molar-refractivity contribution >= 4 is 5.91 Å². The van der Waals surface area contributed by atoms with Gasteiger partial charge in [-0.1, -0.05) is 60.7 Å². The predicted molar refractivity (Wildman–Crippen MR) is 98.0 cm³/mol. The summed E-state index contributed by atoms with van der Waals surface area (Å²) in [6, 6.07) is 21.3. The highest BCUT2D eigenvalue weighted by molar-refractivity contribution is 5.78. The smallest absolute Gasteiger partial charge is 0.223 e. The van der Waals surface area contributed by atoms with Crippen molar-refractivity contribution in [1.29, 1.82) is 0 Å². The van der Waals surface area contributed by atoms with Crippen molar-refractivity contribution in [2.24, 2.45) is 0 Å². The zero-order chi connectivity index (χ0) is 16.8. The van der Waals surface area contributed by atoms with Gasteiger partial charge in [-0.2, -0.15) is 0 Å². The summed E-state index contributed by atoms with van der Waals surface area (Å²) in [7, 11) is 2.00. The minimum Gasteiger partial charge on any atom is -0.343 e. The minimum atomic E-state index is 0.127. The van der Waals surface area contributed by atoms with Crippen LogP contribution in [0.2, 0.25) is 0 Å². The van der Waals surface area contributed by atoms with Crippen molar-refractivity contribution < 1.29 is 4.79 Å². The molecule has 0 spiro atoms. The number of likely N-dealkylation sites (tertiary alicyclic amines) is 1. The molecule has 1 aliphatic rings. The van der Waals surface area contributed by atoms with Gasteiger partial charge in [0, 0.05) is 31.5 Å². The Hall–Kier alpha value is -2.13. The van der Waals surface area contributed by atoms with Crippen molar-refractivity contribution in [3.05, 3.63) is 71.8 Å². The van der Waals surface area contributed by atoms with Crippen LogP contribution in [0, 0.1) is 0 Å². The molecule has 24 heavy (non-hydrogen) atoms. The molecule has 0 saturated carbocycles. The molecule has 0 aromatic heterocycles. The molecule has 126 valence electrons. The van der Waals surface area contributed by atoms with Crippen LogP contribution < -0.4 is 5.32 Å². The standard InChI is InChI=1S/C21H26N2O/c1-22-19-12-14-23(15-13-19)21(24)16-20(17-8-4-2-5-9-17)18-10-6-3-7-11-18/h2-11,19-20,22H,12-16H2,1H3. The first-order valence-corrected chi connectivity index (χ1v) is 8.83. The molecule has 1 aliphatic heterocycles. The lowest BCUT2D eigenvalue weighted by Gasteiger charge is -2.33. The molecule has 0 aliphatic carbocycles. The lowest BCUT2D eigenvalue weighted by molar-refractivity contribution is -0.132. The van der Waals surface area contributed by atoms with Gasteiger partial charge in [0.05, 0.1) is 0 Å². The van der Waals surface area contributed by atoms with Gasteiger partial charge in [-0.15, -0.1) is 0 Å². The maximum absolute atomic E-state index is 12.9. The van der Waals surface area contributed by atoms with Crippen molar-refractivity contribution in [2.45, 2.75) is 31.2 Å². The zero-order valence-electron chi connectivity index (χ0n) is 14.3. The number of nitrogens with zero attached hydrogens (tertiary/aromatic N) is 1. The second kappa shape index (κ2) is 8.11. The molecule has 1 heterocycles. The molecular weight excluding hydrogens is 296 g/mol. The number of hydrogen-bond donors (Lipinski definition) is 1. The van der Waals surface area contributed by atoms with Crippen molar-refractivity contribution in [2.75, 3.05) is 20.1 Å². The number of carbonyl (C=O) groups is 1. The van der Waals surface area contributed by atoms with E-state index in [9.17, 15) is 4.79 Å². The fraction of sp³-hybridized carbons (Fsp3) is 0.381. The maximum Gasteiger partial charge on any atom is 0.223 e. The van der Waals surface area contributed by atoms with E-state index in [1.807, 2.05) is 48.3 Å². The second-order valence-corrected chi connectivity index (χ2v) is 6.52. The number of benzene rings is 2. The average Bonchev–Trinajstić information content (AvgIpc) is 2.67. The Balaban J connectivity index is 1.74. The number of carbonyl (C=O) groups excluding carboxylic acids is 1. The Labute approximate surface area is 144 Å². The van der Waals surface area contributed by atoms with Crippen LogP contribution in [0.1, 0.15) is 36.3 Å². The molecule has 0 radical (unpaired) electrons. The molecule has 1 N–H and O–H groups in total. The predicted octanol–water partition coefficient (Wildman–Crippen LogP) is 3.42. The van der Waals surface area contributed by atoms with Crippen LogP contribution in [-0.4, -0.2) is 37.0 Å². The molecule has 1 fully saturated rings. The summed E-state index contributed by atoms with van der Waals surface area (Å²) in [5.41, 5.74) is 2.42. The minimum absolute atomic E-state index is 0.127. The van der Waals surface area contributed by atoms with Gasteiger partial charge in [0.1, 0.15) is 0 Å². The molecule has 0 atom stereocenters. The van der Waals surface area contributed by atoms with Crippen molar-refractivity contribution in [3.63, 3.8) is 0 Å². The molecule has 1 amide bonds. The molecule has 0 bridgehead atoms. The first-order valence-electron chi connectivity index (χ1n) is 8.83. The van der Waals surface area contributed by atoms with Gasteiger partial charge in [0.2, 0.25) is 5.91 Å². The third-order valence-electron chi connectivity index (χ3n) is 5.04. The van der Waals surface area contributed by atoms with E-state index in [-0.39, 0.29) is 11.8 Å². The molecule has 3 heteroatoms. The highest BCUT2D eigenvalue weighted by Crippen LogP contribution is 2.29. The van der Waals surface area contributed by atoms with Crippen LogP contribution in [0.25, 0.3) is 0 Å². The Morgan fingerprint density at radius 2 is 1.50 bits per heavy atom. The van der Waals surface area contributed by atoms with Gasteiger partial charge < -0.3 is 10.2 Å². The van der Waals surface area contributed by atoms with Gasteiger partial charge in [-0.3, -0.25) is 4.79 Å².